The molecule has 2 aromatic rings. The maximum atomic E-state index is 12.6. The summed E-state index contributed by atoms with van der Waals surface area (Å²) in [6.07, 6.45) is 8.09. The number of ether oxygens (including phenoxy) is 1. The second kappa shape index (κ2) is 7.29. The summed E-state index contributed by atoms with van der Waals surface area (Å²) in [5, 5.41) is 13.4. The summed E-state index contributed by atoms with van der Waals surface area (Å²) >= 11 is 1.55. The number of benzene rings is 1. The van der Waals surface area contributed by atoms with Gasteiger partial charge in [0.05, 0.1) is 5.69 Å². The van der Waals surface area contributed by atoms with Crippen LogP contribution in [0.5, 0.6) is 5.75 Å². The number of hydrogen-bond acceptors (Lipinski definition) is 6. The zero-order chi connectivity index (χ0) is 21.0. The van der Waals surface area contributed by atoms with Crippen LogP contribution in [0.3, 0.4) is 0 Å². The molecule has 4 fully saturated rings. The smallest absolute Gasteiger partial charge is 0.265 e. The van der Waals surface area contributed by atoms with Gasteiger partial charge in [0.15, 0.2) is 6.61 Å². The van der Waals surface area contributed by atoms with Crippen molar-refractivity contribution in [1.29, 1.82) is 0 Å². The van der Waals surface area contributed by atoms with E-state index in [9.17, 15) is 9.59 Å². The van der Waals surface area contributed by atoms with Gasteiger partial charge in [0.2, 0.25) is 11.0 Å². The summed E-state index contributed by atoms with van der Waals surface area (Å²) in [5.74, 6) is 2.94. The van der Waals surface area contributed by atoms with Crippen molar-refractivity contribution in [3.63, 3.8) is 0 Å². The first-order valence-corrected chi connectivity index (χ1v) is 12.1. The van der Waals surface area contributed by atoms with Gasteiger partial charge >= 0.3 is 0 Å². The molecule has 162 valence electrons. The fourth-order valence-corrected chi connectivity index (χ4v) is 7.63. The molecule has 1 aromatic heterocycles. The van der Waals surface area contributed by atoms with Gasteiger partial charge < -0.3 is 15.0 Å². The highest BCUT2D eigenvalue weighted by Gasteiger charge is 2.53. The minimum Gasteiger partial charge on any atom is -0.482 e. The second-order valence-electron chi connectivity index (χ2n) is 9.71. The predicted molar refractivity (Wildman–Crippen MR) is 117 cm³/mol. The Bertz CT molecular complexity index is 1000. The fraction of sp³-hybridized carbons (Fsp3) is 0.565. The number of rotatable bonds is 5. The van der Waals surface area contributed by atoms with Crippen molar-refractivity contribution >= 4 is 34.0 Å². The highest BCUT2D eigenvalue weighted by atomic mass is 32.1. The Labute approximate surface area is 185 Å². The van der Waals surface area contributed by atoms with Crippen molar-refractivity contribution in [2.75, 3.05) is 23.4 Å². The maximum Gasteiger partial charge on any atom is 0.265 e. The lowest BCUT2D eigenvalue weighted by atomic mass is 9.50. The van der Waals surface area contributed by atoms with E-state index in [0.717, 1.165) is 22.8 Å². The van der Waals surface area contributed by atoms with Gasteiger partial charge in [-0.2, -0.15) is 0 Å². The Kier molecular flexibility index (Phi) is 4.52. The standard InChI is InChI=1S/C23H26N4O3S/c28-19(5-6-27-17-3-1-2-4-18(17)30-13-20(27)29)24-22-26-25-21(31-22)23-10-14-7-15(11-23)9-16(8-14)12-23/h1-4,14-16H,5-13H2,(H,24,26,28). The summed E-state index contributed by atoms with van der Waals surface area (Å²) in [6, 6.07) is 7.41. The first-order valence-electron chi connectivity index (χ1n) is 11.2. The first kappa shape index (κ1) is 19.2. The lowest BCUT2D eigenvalue weighted by molar-refractivity contribution is -0.121. The number of nitrogens with one attached hydrogen (secondary N) is 1. The molecular weight excluding hydrogens is 412 g/mol. The van der Waals surface area contributed by atoms with Gasteiger partial charge in [-0.15, -0.1) is 10.2 Å². The summed E-state index contributed by atoms with van der Waals surface area (Å²) in [7, 11) is 0. The van der Waals surface area contributed by atoms with Gasteiger partial charge in [-0.1, -0.05) is 23.5 Å². The molecule has 4 aliphatic carbocycles. The Morgan fingerprint density at radius 3 is 2.58 bits per heavy atom. The Morgan fingerprint density at radius 1 is 1.13 bits per heavy atom. The normalized spacial score (nSPS) is 30.8. The van der Waals surface area contributed by atoms with E-state index in [1.165, 1.54) is 38.5 Å². The van der Waals surface area contributed by atoms with Crippen LogP contribution >= 0.6 is 11.3 Å². The number of nitrogens with zero attached hydrogens (tertiary/aromatic N) is 3. The minimum absolute atomic E-state index is 0.00343. The molecule has 0 saturated heterocycles. The summed E-state index contributed by atoms with van der Waals surface area (Å²) in [6.45, 7) is 0.315. The lowest BCUT2D eigenvalue weighted by Gasteiger charge is -2.55. The van der Waals surface area contributed by atoms with Gasteiger partial charge in [0, 0.05) is 18.4 Å². The molecule has 0 radical (unpaired) electrons. The van der Waals surface area contributed by atoms with E-state index in [2.05, 4.69) is 15.5 Å². The van der Waals surface area contributed by atoms with Crippen LogP contribution in [-0.4, -0.2) is 35.2 Å². The third-order valence-electron chi connectivity index (χ3n) is 7.53. The topological polar surface area (TPSA) is 84.4 Å². The monoisotopic (exact) mass is 438 g/mol. The first-order chi connectivity index (χ1) is 15.1. The van der Waals surface area contributed by atoms with Crippen molar-refractivity contribution in [2.24, 2.45) is 17.8 Å². The van der Waals surface area contributed by atoms with Crippen LogP contribution in [-0.2, 0) is 15.0 Å². The van der Waals surface area contributed by atoms with E-state index in [-0.39, 0.29) is 30.3 Å². The third-order valence-corrected chi connectivity index (χ3v) is 8.62. The van der Waals surface area contributed by atoms with Crippen molar-refractivity contribution in [3.05, 3.63) is 29.3 Å². The Morgan fingerprint density at radius 2 is 1.84 bits per heavy atom. The number of fused-ring (bicyclic) bond motifs is 1. The van der Waals surface area contributed by atoms with E-state index in [1.54, 1.807) is 16.2 Å². The van der Waals surface area contributed by atoms with Gasteiger partial charge in [-0.3, -0.25) is 9.59 Å². The largest absolute Gasteiger partial charge is 0.482 e. The molecular formula is C23H26N4O3S. The van der Waals surface area contributed by atoms with E-state index in [4.69, 9.17) is 4.74 Å². The number of amides is 2. The van der Waals surface area contributed by atoms with Gasteiger partial charge in [-0.05, 0) is 68.4 Å². The van der Waals surface area contributed by atoms with Gasteiger partial charge in [-0.25, -0.2) is 0 Å². The van der Waals surface area contributed by atoms with E-state index in [0.29, 0.717) is 23.1 Å². The van der Waals surface area contributed by atoms with Crippen molar-refractivity contribution in [1.82, 2.24) is 10.2 Å². The van der Waals surface area contributed by atoms with Crippen molar-refractivity contribution in [3.8, 4) is 5.75 Å². The Hall–Kier alpha value is -2.48. The molecule has 8 heteroatoms. The van der Waals surface area contributed by atoms with Crippen LogP contribution in [0.1, 0.15) is 50.0 Å². The number of carbonyl (C=O) groups excluding carboxylic acids is 2. The zero-order valence-electron chi connectivity index (χ0n) is 17.4. The fourth-order valence-electron chi connectivity index (χ4n) is 6.65. The van der Waals surface area contributed by atoms with Crippen LogP contribution in [0.4, 0.5) is 10.8 Å². The van der Waals surface area contributed by atoms with E-state index >= 15 is 0 Å². The average molecular weight is 439 g/mol. The van der Waals surface area contributed by atoms with Crippen LogP contribution in [0.2, 0.25) is 0 Å². The summed E-state index contributed by atoms with van der Waals surface area (Å²) < 4.78 is 5.46. The SMILES string of the molecule is O=C(CCN1C(=O)COc2ccccc21)Nc1nnc(C23CC4CC(CC(C4)C2)C3)s1. The zero-order valence-corrected chi connectivity index (χ0v) is 18.2. The number of para-hydroxylation sites is 2. The summed E-state index contributed by atoms with van der Waals surface area (Å²) in [5.41, 5.74) is 0.908. The molecule has 7 rings (SSSR count). The third kappa shape index (κ3) is 3.41. The molecule has 7 nitrogen and oxygen atoms in total. The van der Waals surface area contributed by atoms with Crippen LogP contribution in [0.15, 0.2) is 24.3 Å². The molecule has 4 bridgehead atoms. The average Bonchev–Trinajstić information content (AvgIpc) is 3.21. The highest BCUT2D eigenvalue weighted by Crippen LogP contribution is 2.61. The van der Waals surface area contributed by atoms with Gasteiger partial charge in [0.25, 0.3) is 5.91 Å². The summed E-state index contributed by atoms with van der Waals surface area (Å²) in [4.78, 5) is 26.5. The van der Waals surface area contributed by atoms with Crippen molar-refractivity contribution in [2.45, 2.75) is 50.4 Å². The number of anilines is 2. The molecule has 0 spiro atoms. The molecule has 4 saturated carbocycles. The number of aromatic nitrogens is 2. The van der Waals surface area contributed by atoms with E-state index < -0.39 is 0 Å². The molecule has 1 aliphatic heterocycles. The van der Waals surface area contributed by atoms with Crippen LogP contribution in [0.25, 0.3) is 0 Å². The molecule has 1 N–H and O–H groups in total. The predicted octanol–water partition coefficient (Wildman–Crippen LogP) is 3.76. The molecule has 0 unspecified atom stereocenters. The number of hydrogen-bond donors (Lipinski definition) is 1. The van der Waals surface area contributed by atoms with E-state index in [1.807, 2.05) is 24.3 Å². The molecule has 2 amide bonds. The van der Waals surface area contributed by atoms with Gasteiger partial charge in [0.1, 0.15) is 10.8 Å². The van der Waals surface area contributed by atoms with Crippen LogP contribution in [0, 0.1) is 17.8 Å². The molecule has 2 heterocycles. The number of carbonyl (C=O) groups is 2. The quantitative estimate of drug-likeness (QED) is 0.768. The van der Waals surface area contributed by atoms with Crippen LogP contribution < -0.4 is 15.0 Å². The lowest BCUT2D eigenvalue weighted by Crippen LogP contribution is -2.48. The molecule has 1 aromatic carbocycles. The Balaban J connectivity index is 1.11. The molecule has 31 heavy (non-hydrogen) atoms. The van der Waals surface area contributed by atoms with Crippen molar-refractivity contribution < 1.29 is 14.3 Å². The highest BCUT2D eigenvalue weighted by molar-refractivity contribution is 7.15. The molecule has 0 atom stereocenters. The minimum atomic E-state index is -0.148. The second-order valence-corrected chi connectivity index (χ2v) is 10.7. The molecule has 5 aliphatic rings. The maximum absolute atomic E-state index is 12.6.